The maximum absolute atomic E-state index is 12.3. The van der Waals surface area contributed by atoms with Crippen molar-refractivity contribution in [3.8, 4) is 0 Å². The summed E-state index contributed by atoms with van der Waals surface area (Å²) in [6, 6.07) is 6.66. The molecule has 6 nitrogen and oxygen atoms in total. The van der Waals surface area contributed by atoms with Gasteiger partial charge in [0.25, 0.3) is 5.76 Å². The van der Waals surface area contributed by atoms with E-state index >= 15 is 0 Å². The smallest absolute Gasteiger partial charge is 0.288 e. The molecular formula is C14H15F2N5OS2. The van der Waals surface area contributed by atoms with E-state index in [0.29, 0.717) is 33.5 Å². The Labute approximate surface area is 145 Å². The number of amides is 1. The minimum atomic E-state index is -2.46. The molecule has 1 N–H and O–H groups in total. The van der Waals surface area contributed by atoms with Crippen molar-refractivity contribution in [3.63, 3.8) is 0 Å². The van der Waals surface area contributed by atoms with Crippen molar-refractivity contribution in [2.45, 2.75) is 46.9 Å². The Morgan fingerprint density at radius 2 is 2.00 bits per heavy atom. The Kier molecular flexibility index (Phi) is 5.34. The summed E-state index contributed by atoms with van der Waals surface area (Å²) >= 11 is 1.77. The summed E-state index contributed by atoms with van der Waals surface area (Å²) in [4.78, 5) is 12.7. The van der Waals surface area contributed by atoms with Gasteiger partial charge in [-0.1, -0.05) is 23.5 Å². The van der Waals surface area contributed by atoms with E-state index in [0.717, 1.165) is 12.8 Å². The van der Waals surface area contributed by atoms with Gasteiger partial charge in [-0.25, -0.2) is 4.68 Å². The van der Waals surface area contributed by atoms with E-state index < -0.39 is 5.76 Å². The van der Waals surface area contributed by atoms with Crippen LogP contribution in [-0.4, -0.2) is 37.1 Å². The van der Waals surface area contributed by atoms with Crippen LogP contribution < -0.4 is 5.32 Å². The third-order valence-corrected chi connectivity index (χ3v) is 5.12. The normalized spacial score (nSPS) is 15.5. The van der Waals surface area contributed by atoms with Crippen molar-refractivity contribution in [2.75, 3.05) is 5.32 Å². The van der Waals surface area contributed by atoms with Crippen molar-refractivity contribution in [1.82, 2.24) is 20.2 Å². The molecule has 24 heavy (non-hydrogen) atoms. The molecule has 0 spiro atoms. The lowest BCUT2D eigenvalue weighted by molar-refractivity contribution is -0.115. The standard InChI is InChI=1S/C14H15F2N5OS2/c1-8(23-14-18-19-20-21(14)10-4-5-10)12(22)17-9-2-6-11(7-3-9)24-13(15)16/h2-3,6-8,10,13H,4-5H2,1H3,(H,17,22). The Balaban J connectivity index is 1.56. The van der Waals surface area contributed by atoms with Crippen LogP contribution in [0.15, 0.2) is 34.3 Å². The summed E-state index contributed by atoms with van der Waals surface area (Å²) in [5.74, 6) is -2.65. The lowest BCUT2D eigenvalue weighted by atomic mass is 10.3. The maximum Gasteiger partial charge on any atom is 0.288 e. The molecule has 1 heterocycles. The average Bonchev–Trinajstić information content (AvgIpc) is 3.28. The zero-order valence-electron chi connectivity index (χ0n) is 12.7. The molecule has 1 fully saturated rings. The van der Waals surface area contributed by atoms with Crippen LogP contribution in [0.2, 0.25) is 0 Å². The largest absolute Gasteiger partial charge is 0.325 e. The lowest BCUT2D eigenvalue weighted by Crippen LogP contribution is -2.23. The number of hydrogen-bond donors (Lipinski definition) is 1. The van der Waals surface area contributed by atoms with E-state index in [1.54, 1.807) is 35.9 Å². The highest BCUT2D eigenvalue weighted by Gasteiger charge is 2.29. The minimum absolute atomic E-state index is 0.195. The highest BCUT2D eigenvalue weighted by Crippen LogP contribution is 2.37. The fourth-order valence-corrected chi connectivity index (χ4v) is 3.34. The topological polar surface area (TPSA) is 72.7 Å². The molecule has 3 rings (SSSR count). The highest BCUT2D eigenvalue weighted by molar-refractivity contribution is 8.00. The monoisotopic (exact) mass is 371 g/mol. The van der Waals surface area contributed by atoms with Gasteiger partial charge in [0.2, 0.25) is 11.1 Å². The number of anilines is 1. The zero-order chi connectivity index (χ0) is 17.1. The number of carbonyl (C=O) groups excluding carboxylic acids is 1. The van der Waals surface area contributed by atoms with Crippen LogP contribution in [0.4, 0.5) is 14.5 Å². The van der Waals surface area contributed by atoms with Crippen LogP contribution in [0, 0.1) is 0 Å². The molecule has 1 aliphatic carbocycles. The summed E-state index contributed by atoms with van der Waals surface area (Å²) < 4.78 is 26.3. The number of nitrogens with zero attached hydrogens (tertiary/aromatic N) is 4. The molecule has 0 radical (unpaired) electrons. The van der Waals surface area contributed by atoms with Gasteiger partial charge in [0.15, 0.2) is 0 Å². The Morgan fingerprint density at radius 3 is 2.62 bits per heavy atom. The molecule has 0 saturated heterocycles. The predicted octanol–water partition coefficient (Wildman–Crippen LogP) is 3.44. The second-order valence-electron chi connectivity index (χ2n) is 5.29. The van der Waals surface area contributed by atoms with E-state index in [9.17, 15) is 13.6 Å². The molecule has 2 aromatic rings. The van der Waals surface area contributed by atoms with Crippen molar-refractivity contribution in [2.24, 2.45) is 0 Å². The SMILES string of the molecule is CC(Sc1nnnn1C1CC1)C(=O)Nc1ccc(SC(F)F)cc1. The number of tetrazole rings is 1. The summed E-state index contributed by atoms with van der Waals surface area (Å²) in [5, 5.41) is 14.6. The number of hydrogen-bond acceptors (Lipinski definition) is 6. The van der Waals surface area contributed by atoms with E-state index in [4.69, 9.17) is 0 Å². The third kappa shape index (κ3) is 4.44. The fraction of sp³-hybridized carbons (Fsp3) is 0.429. The van der Waals surface area contributed by atoms with Crippen molar-refractivity contribution < 1.29 is 13.6 Å². The molecule has 0 aliphatic heterocycles. The van der Waals surface area contributed by atoms with Crippen LogP contribution in [0.3, 0.4) is 0 Å². The van der Waals surface area contributed by atoms with Crippen molar-refractivity contribution in [1.29, 1.82) is 0 Å². The second-order valence-corrected chi connectivity index (χ2v) is 7.66. The number of alkyl halides is 2. The number of aromatic nitrogens is 4. The minimum Gasteiger partial charge on any atom is -0.325 e. The fourth-order valence-electron chi connectivity index (χ4n) is 1.99. The van der Waals surface area contributed by atoms with E-state index in [1.807, 2.05) is 0 Å². The Morgan fingerprint density at radius 1 is 1.29 bits per heavy atom. The Hall–Kier alpha value is -1.68. The molecular weight excluding hydrogens is 356 g/mol. The third-order valence-electron chi connectivity index (χ3n) is 3.35. The predicted molar refractivity (Wildman–Crippen MR) is 88.3 cm³/mol. The van der Waals surface area contributed by atoms with Crippen LogP contribution in [0.1, 0.15) is 25.8 Å². The van der Waals surface area contributed by atoms with Gasteiger partial charge in [-0.2, -0.15) is 8.78 Å². The number of thioether (sulfide) groups is 2. The molecule has 1 unspecified atom stereocenters. The van der Waals surface area contributed by atoms with Crippen molar-refractivity contribution in [3.05, 3.63) is 24.3 Å². The van der Waals surface area contributed by atoms with Gasteiger partial charge < -0.3 is 5.32 Å². The highest BCUT2D eigenvalue weighted by atomic mass is 32.2. The van der Waals surface area contributed by atoms with Gasteiger partial charge in [0.1, 0.15) is 0 Å². The summed E-state index contributed by atoms with van der Waals surface area (Å²) in [6.45, 7) is 1.77. The van der Waals surface area contributed by atoms with Crippen LogP contribution in [-0.2, 0) is 4.79 Å². The summed E-state index contributed by atoms with van der Waals surface area (Å²) in [5.41, 5.74) is 0.563. The molecule has 128 valence electrons. The van der Waals surface area contributed by atoms with Crippen LogP contribution in [0.25, 0.3) is 0 Å². The zero-order valence-corrected chi connectivity index (χ0v) is 14.4. The average molecular weight is 371 g/mol. The molecule has 1 saturated carbocycles. The number of nitrogens with one attached hydrogen (secondary N) is 1. The van der Waals surface area contributed by atoms with E-state index in [2.05, 4.69) is 20.8 Å². The number of halogens is 2. The Bertz CT molecular complexity index is 705. The van der Waals surface area contributed by atoms with Crippen LogP contribution >= 0.6 is 23.5 Å². The molecule has 1 amide bonds. The van der Waals surface area contributed by atoms with Gasteiger partial charge in [0.05, 0.1) is 11.3 Å². The van der Waals surface area contributed by atoms with Gasteiger partial charge in [-0.05, 0) is 54.5 Å². The molecule has 1 aromatic carbocycles. The van der Waals surface area contributed by atoms with Gasteiger partial charge in [-0.15, -0.1) is 5.10 Å². The molecule has 10 heteroatoms. The van der Waals surface area contributed by atoms with Crippen LogP contribution in [0.5, 0.6) is 0 Å². The maximum atomic E-state index is 12.3. The number of carbonyl (C=O) groups is 1. The first-order valence-corrected chi connectivity index (χ1v) is 9.09. The first-order chi connectivity index (χ1) is 11.5. The molecule has 1 aliphatic rings. The quantitative estimate of drug-likeness (QED) is 0.752. The number of rotatable bonds is 7. The van der Waals surface area contributed by atoms with Gasteiger partial charge in [0, 0.05) is 10.6 Å². The van der Waals surface area contributed by atoms with E-state index in [-0.39, 0.29) is 11.2 Å². The second kappa shape index (κ2) is 7.47. The lowest BCUT2D eigenvalue weighted by Gasteiger charge is -2.12. The first kappa shape index (κ1) is 17.2. The van der Waals surface area contributed by atoms with Gasteiger partial charge >= 0.3 is 0 Å². The first-order valence-electron chi connectivity index (χ1n) is 7.33. The summed E-state index contributed by atoms with van der Waals surface area (Å²) in [7, 11) is 0. The number of benzene rings is 1. The van der Waals surface area contributed by atoms with E-state index in [1.165, 1.54) is 11.8 Å². The van der Waals surface area contributed by atoms with Gasteiger partial charge in [-0.3, -0.25) is 4.79 Å². The summed E-state index contributed by atoms with van der Waals surface area (Å²) in [6.07, 6.45) is 2.12. The molecule has 1 atom stereocenters. The molecule has 1 aromatic heterocycles. The molecule has 0 bridgehead atoms. The van der Waals surface area contributed by atoms with Crippen molar-refractivity contribution >= 4 is 35.1 Å².